The summed E-state index contributed by atoms with van der Waals surface area (Å²) in [4.78, 5) is 10.0. The fourth-order valence-electron chi connectivity index (χ4n) is 1.63. The van der Waals surface area contributed by atoms with E-state index in [2.05, 4.69) is 5.32 Å². The summed E-state index contributed by atoms with van der Waals surface area (Å²) >= 11 is 0. The highest BCUT2D eigenvalue weighted by Crippen LogP contribution is 2.28. The smallest absolute Gasteiger partial charge is 0.327 e. The van der Waals surface area contributed by atoms with Gasteiger partial charge in [-0.2, -0.15) is 4.39 Å². The number of hydrogen-bond acceptors (Lipinski definition) is 4. The Morgan fingerprint density at radius 3 is 2.82 bits per heavy atom. The van der Waals surface area contributed by atoms with Gasteiger partial charge in [0, 0.05) is 12.6 Å². The molecule has 0 amide bonds. The van der Waals surface area contributed by atoms with E-state index in [1.165, 1.54) is 12.1 Å². The predicted molar refractivity (Wildman–Crippen MR) is 64.4 cm³/mol. The summed E-state index contributed by atoms with van der Waals surface area (Å²) in [6.45, 7) is 2.34. The van der Waals surface area contributed by atoms with E-state index in [1.807, 2.05) is 6.92 Å². The van der Waals surface area contributed by atoms with E-state index >= 15 is 0 Å². The van der Waals surface area contributed by atoms with Gasteiger partial charge in [-0.25, -0.2) is 0 Å². The van der Waals surface area contributed by atoms with Gasteiger partial charge in [0.2, 0.25) is 5.82 Å². The standard InChI is InChI=1S/C11H16FN3O2/c1-2-4-8(7-13)14-10-6-3-5-9(12)11(10)15(16)17/h3,5-6,8,14H,2,4,7,13H2,1H3. The SMILES string of the molecule is CCCC(CN)Nc1cccc(F)c1[N+](=O)[O-]. The minimum Gasteiger partial charge on any atom is -0.375 e. The Balaban J connectivity index is 2.97. The topological polar surface area (TPSA) is 81.2 Å². The third-order valence-electron chi connectivity index (χ3n) is 2.45. The second-order valence-corrected chi connectivity index (χ2v) is 3.76. The molecule has 5 nitrogen and oxygen atoms in total. The maximum atomic E-state index is 13.3. The normalized spacial score (nSPS) is 12.2. The number of nitrogens with two attached hydrogens (primary N) is 1. The van der Waals surface area contributed by atoms with E-state index in [4.69, 9.17) is 5.73 Å². The second-order valence-electron chi connectivity index (χ2n) is 3.76. The number of halogens is 1. The summed E-state index contributed by atoms with van der Waals surface area (Å²) in [7, 11) is 0. The van der Waals surface area contributed by atoms with E-state index in [0.29, 0.717) is 6.54 Å². The molecule has 0 saturated carbocycles. The van der Waals surface area contributed by atoms with Crippen molar-refractivity contribution in [1.82, 2.24) is 0 Å². The molecule has 0 bridgehead atoms. The molecule has 6 heteroatoms. The number of para-hydroxylation sites is 1. The van der Waals surface area contributed by atoms with Crippen LogP contribution < -0.4 is 11.1 Å². The summed E-state index contributed by atoms with van der Waals surface area (Å²) < 4.78 is 13.3. The average molecular weight is 241 g/mol. The lowest BCUT2D eigenvalue weighted by Crippen LogP contribution is -2.29. The molecule has 17 heavy (non-hydrogen) atoms. The van der Waals surface area contributed by atoms with Crippen molar-refractivity contribution in [2.24, 2.45) is 5.73 Å². The van der Waals surface area contributed by atoms with E-state index < -0.39 is 16.4 Å². The summed E-state index contributed by atoms with van der Waals surface area (Å²) in [5, 5.41) is 13.7. The van der Waals surface area contributed by atoms with E-state index in [9.17, 15) is 14.5 Å². The highest BCUT2D eigenvalue weighted by atomic mass is 19.1. The van der Waals surface area contributed by atoms with Crippen molar-refractivity contribution >= 4 is 11.4 Å². The lowest BCUT2D eigenvalue weighted by Gasteiger charge is -2.17. The quantitative estimate of drug-likeness (QED) is 0.591. The summed E-state index contributed by atoms with van der Waals surface area (Å²) in [6, 6.07) is 3.91. The number of rotatable bonds is 6. The first kappa shape index (κ1) is 13.4. The Labute approximate surface area is 99.0 Å². The first-order chi connectivity index (χ1) is 8.10. The van der Waals surface area contributed by atoms with Gasteiger partial charge in [-0.3, -0.25) is 10.1 Å². The van der Waals surface area contributed by atoms with Crippen molar-refractivity contribution in [1.29, 1.82) is 0 Å². The zero-order chi connectivity index (χ0) is 12.8. The molecule has 1 aromatic rings. The molecule has 1 unspecified atom stereocenters. The van der Waals surface area contributed by atoms with Gasteiger partial charge in [-0.05, 0) is 18.6 Å². The summed E-state index contributed by atoms with van der Waals surface area (Å²) in [5.41, 5.74) is 5.20. The molecule has 0 saturated heterocycles. The maximum absolute atomic E-state index is 13.3. The summed E-state index contributed by atoms with van der Waals surface area (Å²) in [5.74, 6) is -0.840. The molecule has 0 radical (unpaired) electrons. The van der Waals surface area contributed by atoms with Crippen LogP contribution in [0.5, 0.6) is 0 Å². The van der Waals surface area contributed by atoms with Crippen LogP contribution in [0.4, 0.5) is 15.8 Å². The first-order valence-corrected chi connectivity index (χ1v) is 5.49. The van der Waals surface area contributed by atoms with Crippen molar-refractivity contribution in [3.05, 3.63) is 34.1 Å². The lowest BCUT2D eigenvalue weighted by atomic mass is 10.1. The lowest BCUT2D eigenvalue weighted by molar-refractivity contribution is -0.386. The molecule has 0 aliphatic heterocycles. The van der Waals surface area contributed by atoms with Crippen molar-refractivity contribution in [3.63, 3.8) is 0 Å². The van der Waals surface area contributed by atoms with Crippen molar-refractivity contribution in [2.45, 2.75) is 25.8 Å². The number of nitro groups is 1. The van der Waals surface area contributed by atoms with Crippen LogP contribution in [0.3, 0.4) is 0 Å². The minimum atomic E-state index is -0.840. The number of nitrogens with zero attached hydrogens (tertiary/aromatic N) is 1. The molecule has 0 aliphatic rings. The van der Waals surface area contributed by atoms with Gasteiger partial charge >= 0.3 is 5.69 Å². The molecular formula is C11H16FN3O2. The van der Waals surface area contributed by atoms with Crippen LogP contribution in [-0.4, -0.2) is 17.5 Å². The van der Waals surface area contributed by atoms with Gasteiger partial charge in [0.05, 0.1) is 4.92 Å². The molecule has 0 fully saturated rings. The van der Waals surface area contributed by atoms with Gasteiger partial charge in [0.15, 0.2) is 0 Å². The molecule has 1 aromatic carbocycles. The molecule has 0 aromatic heterocycles. The van der Waals surface area contributed by atoms with Gasteiger partial charge in [0.25, 0.3) is 0 Å². The van der Waals surface area contributed by atoms with E-state index in [1.54, 1.807) is 0 Å². The molecule has 1 atom stereocenters. The third kappa shape index (κ3) is 3.39. The van der Waals surface area contributed by atoms with Crippen LogP contribution >= 0.6 is 0 Å². The van der Waals surface area contributed by atoms with Crippen molar-refractivity contribution in [2.75, 3.05) is 11.9 Å². The van der Waals surface area contributed by atoms with Crippen LogP contribution in [0.15, 0.2) is 18.2 Å². The van der Waals surface area contributed by atoms with Crippen LogP contribution in [0.2, 0.25) is 0 Å². The number of hydrogen-bond donors (Lipinski definition) is 2. The van der Waals surface area contributed by atoms with Crippen LogP contribution in [0.1, 0.15) is 19.8 Å². The van der Waals surface area contributed by atoms with Gasteiger partial charge < -0.3 is 11.1 Å². The Kier molecular flexibility index (Phi) is 4.84. The molecule has 0 heterocycles. The molecule has 0 aliphatic carbocycles. The Morgan fingerprint density at radius 2 is 2.29 bits per heavy atom. The third-order valence-corrected chi connectivity index (χ3v) is 2.45. The van der Waals surface area contributed by atoms with E-state index in [-0.39, 0.29) is 11.7 Å². The highest BCUT2D eigenvalue weighted by Gasteiger charge is 2.21. The Bertz CT molecular complexity index is 398. The minimum absolute atomic E-state index is 0.0829. The Morgan fingerprint density at radius 1 is 1.59 bits per heavy atom. The highest BCUT2D eigenvalue weighted by molar-refractivity contribution is 5.62. The maximum Gasteiger partial charge on any atom is 0.327 e. The summed E-state index contributed by atoms with van der Waals surface area (Å²) in [6.07, 6.45) is 1.68. The fraction of sp³-hybridized carbons (Fsp3) is 0.455. The zero-order valence-corrected chi connectivity index (χ0v) is 9.65. The van der Waals surface area contributed by atoms with Crippen molar-refractivity contribution < 1.29 is 9.31 Å². The first-order valence-electron chi connectivity index (χ1n) is 5.49. The largest absolute Gasteiger partial charge is 0.375 e. The molecule has 3 N–H and O–H groups in total. The monoisotopic (exact) mass is 241 g/mol. The molecule has 94 valence electrons. The fourth-order valence-corrected chi connectivity index (χ4v) is 1.63. The van der Waals surface area contributed by atoms with Crippen LogP contribution in [0.25, 0.3) is 0 Å². The molecule has 0 spiro atoms. The number of anilines is 1. The number of nitrogens with one attached hydrogen (secondary N) is 1. The van der Waals surface area contributed by atoms with E-state index in [0.717, 1.165) is 18.9 Å². The zero-order valence-electron chi connectivity index (χ0n) is 9.65. The molecular weight excluding hydrogens is 225 g/mol. The van der Waals surface area contributed by atoms with Crippen LogP contribution in [0, 0.1) is 15.9 Å². The Hall–Kier alpha value is -1.69. The number of benzene rings is 1. The number of nitro benzene ring substituents is 1. The van der Waals surface area contributed by atoms with Gasteiger partial charge in [0.1, 0.15) is 5.69 Å². The second kappa shape index (κ2) is 6.15. The van der Waals surface area contributed by atoms with Crippen LogP contribution in [-0.2, 0) is 0 Å². The molecule has 1 rings (SSSR count). The van der Waals surface area contributed by atoms with Gasteiger partial charge in [-0.1, -0.05) is 19.4 Å². The average Bonchev–Trinajstić information content (AvgIpc) is 2.28. The van der Waals surface area contributed by atoms with Gasteiger partial charge in [-0.15, -0.1) is 0 Å². The van der Waals surface area contributed by atoms with Crippen molar-refractivity contribution in [3.8, 4) is 0 Å². The predicted octanol–water partition coefficient (Wildman–Crippen LogP) is 2.27.